The third-order valence-electron chi connectivity index (χ3n) is 2.74. The van der Waals surface area contributed by atoms with Crippen molar-refractivity contribution in [1.29, 1.82) is 5.26 Å². The summed E-state index contributed by atoms with van der Waals surface area (Å²) in [4.78, 5) is 1.31. The van der Waals surface area contributed by atoms with Crippen molar-refractivity contribution in [1.82, 2.24) is 5.32 Å². The van der Waals surface area contributed by atoms with Crippen LogP contribution in [0, 0.1) is 11.3 Å². The smallest absolute Gasteiger partial charge is 0.108 e. The molecule has 0 spiro atoms. The predicted molar refractivity (Wildman–Crippen MR) is 66.1 cm³/mol. The van der Waals surface area contributed by atoms with Crippen molar-refractivity contribution in [3.05, 3.63) is 22.4 Å². The fourth-order valence-electron chi connectivity index (χ4n) is 1.72. The topological polar surface area (TPSA) is 35.8 Å². The number of nitrogens with one attached hydrogen (secondary N) is 1. The van der Waals surface area contributed by atoms with Gasteiger partial charge in [0, 0.05) is 11.4 Å². The van der Waals surface area contributed by atoms with Gasteiger partial charge < -0.3 is 0 Å². The first kappa shape index (κ1) is 11.0. The molecule has 1 fully saturated rings. The van der Waals surface area contributed by atoms with E-state index in [4.69, 9.17) is 0 Å². The van der Waals surface area contributed by atoms with E-state index in [-0.39, 0.29) is 5.54 Å². The Morgan fingerprint density at radius 2 is 2.27 bits per heavy atom. The lowest BCUT2D eigenvalue weighted by Crippen LogP contribution is -2.46. The predicted octanol–water partition coefficient (Wildman–Crippen LogP) is 2.63. The van der Waals surface area contributed by atoms with Gasteiger partial charge in [-0.3, -0.25) is 5.32 Å². The zero-order chi connectivity index (χ0) is 10.6. The van der Waals surface area contributed by atoms with Crippen molar-refractivity contribution >= 4 is 23.1 Å². The van der Waals surface area contributed by atoms with Gasteiger partial charge in [-0.1, -0.05) is 6.07 Å². The Hall–Kier alpha value is -0.500. The Kier molecular flexibility index (Phi) is 3.68. The highest BCUT2D eigenvalue weighted by Gasteiger charge is 2.31. The largest absolute Gasteiger partial charge is 0.294 e. The van der Waals surface area contributed by atoms with E-state index in [0.29, 0.717) is 0 Å². The molecule has 1 N–H and O–H groups in total. The van der Waals surface area contributed by atoms with Crippen LogP contribution >= 0.6 is 23.1 Å². The third kappa shape index (κ3) is 2.75. The number of thiophene rings is 1. The highest BCUT2D eigenvalue weighted by molar-refractivity contribution is 7.99. The average molecular weight is 238 g/mol. The molecule has 1 aromatic rings. The number of nitriles is 1. The molecule has 2 nitrogen and oxygen atoms in total. The maximum atomic E-state index is 9.25. The number of nitrogens with zero attached hydrogens (tertiary/aromatic N) is 1. The van der Waals surface area contributed by atoms with Crippen LogP contribution in [0.25, 0.3) is 0 Å². The molecule has 2 rings (SSSR count). The summed E-state index contributed by atoms with van der Waals surface area (Å²) in [7, 11) is 0. The molecule has 0 aliphatic carbocycles. The molecule has 80 valence electrons. The van der Waals surface area contributed by atoms with Crippen molar-refractivity contribution in [3.8, 4) is 6.07 Å². The Morgan fingerprint density at radius 3 is 2.87 bits per heavy atom. The van der Waals surface area contributed by atoms with Gasteiger partial charge in [0.25, 0.3) is 0 Å². The minimum atomic E-state index is -0.269. The lowest BCUT2D eigenvalue weighted by Gasteiger charge is -2.31. The summed E-state index contributed by atoms with van der Waals surface area (Å²) in [5, 5.41) is 14.8. The molecule has 1 saturated heterocycles. The van der Waals surface area contributed by atoms with Crippen molar-refractivity contribution < 1.29 is 0 Å². The van der Waals surface area contributed by atoms with Gasteiger partial charge in [0.2, 0.25) is 0 Å². The molecule has 15 heavy (non-hydrogen) atoms. The van der Waals surface area contributed by atoms with Crippen molar-refractivity contribution in [2.45, 2.75) is 24.9 Å². The maximum Gasteiger partial charge on any atom is 0.108 e. The average Bonchev–Trinajstić information content (AvgIpc) is 2.81. The van der Waals surface area contributed by atoms with E-state index in [2.05, 4.69) is 28.9 Å². The summed E-state index contributed by atoms with van der Waals surface area (Å²) in [6.45, 7) is 0.829. The fraction of sp³-hybridized carbons (Fsp3) is 0.545. The summed E-state index contributed by atoms with van der Waals surface area (Å²) in [6.07, 6.45) is 1.94. The zero-order valence-corrected chi connectivity index (χ0v) is 10.2. The van der Waals surface area contributed by atoms with Gasteiger partial charge >= 0.3 is 0 Å². The molecule has 2 heterocycles. The molecule has 0 saturated carbocycles. The van der Waals surface area contributed by atoms with Crippen LogP contribution in [0.15, 0.2) is 17.5 Å². The second kappa shape index (κ2) is 5.02. The molecule has 0 radical (unpaired) electrons. The summed E-state index contributed by atoms with van der Waals surface area (Å²) in [6, 6.07) is 6.62. The van der Waals surface area contributed by atoms with Crippen LogP contribution in [0.3, 0.4) is 0 Å². The second-order valence-electron chi connectivity index (χ2n) is 3.74. The summed E-state index contributed by atoms with van der Waals surface area (Å²) >= 11 is 3.69. The van der Waals surface area contributed by atoms with Crippen molar-refractivity contribution in [3.63, 3.8) is 0 Å². The van der Waals surface area contributed by atoms with E-state index < -0.39 is 0 Å². The number of thioether (sulfide) groups is 1. The first-order valence-corrected chi connectivity index (χ1v) is 7.14. The van der Waals surface area contributed by atoms with Crippen LogP contribution in [0.2, 0.25) is 0 Å². The third-order valence-corrected chi connectivity index (χ3v) is 4.60. The summed E-state index contributed by atoms with van der Waals surface area (Å²) in [5.41, 5.74) is -0.269. The molecule has 0 bridgehead atoms. The minimum absolute atomic E-state index is 0.269. The van der Waals surface area contributed by atoms with Gasteiger partial charge in [-0.15, -0.1) is 11.3 Å². The van der Waals surface area contributed by atoms with Crippen molar-refractivity contribution in [2.24, 2.45) is 0 Å². The van der Waals surface area contributed by atoms with E-state index in [1.807, 2.05) is 11.8 Å². The van der Waals surface area contributed by atoms with Gasteiger partial charge in [0.05, 0.1) is 6.07 Å². The first-order chi connectivity index (χ1) is 7.35. The normalized spacial score (nSPS) is 19.7. The van der Waals surface area contributed by atoms with Crippen LogP contribution in [0.5, 0.6) is 0 Å². The Labute approximate surface area is 98.7 Å². The first-order valence-electron chi connectivity index (χ1n) is 5.11. The second-order valence-corrected chi connectivity index (χ2v) is 6.00. The number of rotatable bonds is 3. The van der Waals surface area contributed by atoms with Crippen LogP contribution < -0.4 is 5.32 Å². The molecule has 1 aliphatic heterocycles. The Morgan fingerprint density at radius 1 is 1.47 bits per heavy atom. The Balaban J connectivity index is 1.93. The van der Waals surface area contributed by atoms with Crippen LogP contribution in [0.4, 0.5) is 0 Å². The van der Waals surface area contributed by atoms with E-state index >= 15 is 0 Å². The van der Waals surface area contributed by atoms with Gasteiger partial charge in [0.1, 0.15) is 5.54 Å². The quantitative estimate of drug-likeness (QED) is 0.879. The van der Waals surface area contributed by atoms with E-state index in [0.717, 1.165) is 30.9 Å². The standard InChI is InChI=1S/C11H14N2S2/c12-9-11(3-6-14-7-4-11)13-8-10-2-1-5-15-10/h1-2,5,13H,3-4,6-8H2. The van der Waals surface area contributed by atoms with Gasteiger partial charge in [0.15, 0.2) is 0 Å². The molecular formula is C11H14N2S2. The number of hydrogen-bond acceptors (Lipinski definition) is 4. The van der Waals surface area contributed by atoms with Gasteiger partial charge in [-0.2, -0.15) is 17.0 Å². The van der Waals surface area contributed by atoms with Crippen molar-refractivity contribution in [2.75, 3.05) is 11.5 Å². The van der Waals surface area contributed by atoms with Crippen LogP contribution in [-0.2, 0) is 6.54 Å². The molecule has 4 heteroatoms. The Bertz CT molecular complexity index is 334. The minimum Gasteiger partial charge on any atom is -0.294 e. The molecular weight excluding hydrogens is 224 g/mol. The lowest BCUT2D eigenvalue weighted by atomic mass is 9.94. The van der Waals surface area contributed by atoms with Gasteiger partial charge in [-0.25, -0.2) is 0 Å². The highest BCUT2D eigenvalue weighted by atomic mass is 32.2. The monoisotopic (exact) mass is 238 g/mol. The van der Waals surface area contributed by atoms with Crippen LogP contribution in [0.1, 0.15) is 17.7 Å². The van der Waals surface area contributed by atoms with E-state index in [1.165, 1.54) is 4.88 Å². The molecule has 0 unspecified atom stereocenters. The van der Waals surface area contributed by atoms with E-state index in [1.54, 1.807) is 11.3 Å². The van der Waals surface area contributed by atoms with Gasteiger partial charge in [-0.05, 0) is 35.8 Å². The highest BCUT2D eigenvalue weighted by Crippen LogP contribution is 2.27. The molecule has 0 aromatic carbocycles. The zero-order valence-electron chi connectivity index (χ0n) is 8.53. The lowest BCUT2D eigenvalue weighted by molar-refractivity contribution is 0.385. The van der Waals surface area contributed by atoms with Crippen LogP contribution in [-0.4, -0.2) is 17.0 Å². The maximum absolute atomic E-state index is 9.25. The molecule has 1 aromatic heterocycles. The fourth-order valence-corrected chi connectivity index (χ4v) is 3.55. The van der Waals surface area contributed by atoms with E-state index in [9.17, 15) is 5.26 Å². The number of hydrogen-bond donors (Lipinski definition) is 1. The summed E-state index contributed by atoms with van der Waals surface area (Å²) in [5.74, 6) is 2.20. The SMILES string of the molecule is N#CC1(NCc2cccs2)CCSCC1. The molecule has 1 aliphatic rings. The molecule has 0 atom stereocenters. The molecule has 0 amide bonds. The summed E-state index contributed by atoms with van der Waals surface area (Å²) < 4.78 is 0.